The SMILES string of the molecule is COc1cccc(/C=C2\N=C(c3cccc(OC(F)F)c3)OC2=O)c1OC(F)F. The summed E-state index contributed by atoms with van der Waals surface area (Å²) >= 11 is 0. The predicted octanol–water partition coefficient (Wildman–Crippen LogP) is 4.24. The van der Waals surface area contributed by atoms with Gasteiger partial charge in [-0.1, -0.05) is 18.2 Å². The Morgan fingerprint density at radius 2 is 1.76 bits per heavy atom. The maximum atomic E-state index is 12.7. The summed E-state index contributed by atoms with van der Waals surface area (Å²) in [6.45, 7) is -6.13. The minimum absolute atomic E-state index is 0.0343. The van der Waals surface area contributed by atoms with Crippen LogP contribution in [0.5, 0.6) is 17.2 Å². The molecular formula is C19H13F4NO5. The number of benzene rings is 2. The maximum Gasteiger partial charge on any atom is 0.387 e. The Morgan fingerprint density at radius 3 is 2.45 bits per heavy atom. The molecule has 0 saturated carbocycles. The van der Waals surface area contributed by atoms with Crippen LogP contribution in [0.25, 0.3) is 6.08 Å². The molecule has 0 radical (unpaired) electrons. The zero-order valence-corrected chi connectivity index (χ0v) is 14.8. The molecule has 1 aliphatic rings. The van der Waals surface area contributed by atoms with E-state index in [2.05, 4.69) is 14.5 Å². The second-order valence-corrected chi connectivity index (χ2v) is 5.50. The van der Waals surface area contributed by atoms with Gasteiger partial charge in [0.2, 0.25) is 5.90 Å². The molecule has 10 heteroatoms. The fourth-order valence-electron chi connectivity index (χ4n) is 2.51. The molecule has 2 aromatic carbocycles. The van der Waals surface area contributed by atoms with E-state index in [1.54, 1.807) is 0 Å². The number of alkyl halides is 4. The minimum atomic E-state index is -3.12. The van der Waals surface area contributed by atoms with Crippen molar-refractivity contribution in [3.8, 4) is 17.2 Å². The van der Waals surface area contributed by atoms with E-state index < -0.39 is 19.2 Å². The Kier molecular flexibility index (Phi) is 6.01. The van der Waals surface area contributed by atoms with Crippen LogP contribution in [0.2, 0.25) is 0 Å². The Labute approximate surface area is 162 Å². The summed E-state index contributed by atoms with van der Waals surface area (Å²) in [6, 6.07) is 9.76. The normalized spacial score (nSPS) is 14.9. The molecule has 0 atom stereocenters. The topological polar surface area (TPSA) is 66.3 Å². The van der Waals surface area contributed by atoms with E-state index in [-0.39, 0.29) is 40.0 Å². The molecule has 1 aliphatic heterocycles. The maximum absolute atomic E-state index is 12.7. The second-order valence-electron chi connectivity index (χ2n) is 5.50. The standard InChI is InChI=1S/C19H13F4NO5/c1-26-14-7-3-4-10(15(14)28-19(22)23)9-13-17(25)29-16(24-13)11-5-2-6-12(8-11)27-18(20)21/h2-9,18-19H,1H3/b13-9-. The third kappa shape index (κ3) is 4.84. The van der Waals surface area contributed by atoms with Gasteiger partial charge in [-0.2, -0.15) is 17.6 Å². The highest BCUT2D eigenvalue weighted by Crippen LogP contribution is 2.34. The first-order valence-corrected chi connectivity index (χ1v) is 8.07. The Bertz CT molecular complexity index is 975. The second kappa shape index (κ2) is 8.63. The van der Waals surface area contributed by atoms with Crippen molar-refractivity contribution >= 4 is 17.9 Å². The van der Waals surface area contributed by atoms with Gasteiger partial charge in [-0.15, -0.1) is 0 Å². The van der Waals surface area contributed by atoms with Gasteiger partial charge in [0.15, 0.2) is 17.2 Å². The van der Waals surface area contributed by atoms with Crippen LogP contribution >= 0.6 is 0 Å². The van der Waals surface area contributed by atoms with E-state index in [1.807, 2.05) is 0 Å². The number of para-hydroxylation sites is 1. The van der Waals surface area contributed by atoms with Gasteiger partial charge >= 0.3 is 19.2 Å². The smallest absolute Gasteiger partial charge is 0.387 e. The summed E-state index contributed by atoms with van der Waals surface area (Å²) in [5, 5.41) is 0. The lowest BCUT2D eigenvalue weighted by Crippen LogP contribution is -2.07. The minimum Gasteiger partial charge on any atom is -0.493 e. The molecule has 1 heterocycles. The van der Waals surface area contributed by atoms with Crippen molar-refractivity contribution in [3.05, 3.63) is 59.3 Å². The van der Waals surface area contributed by atoms with Gasteiger partial charge in [0, 0.05) is 11.1 Å². The van der Waals surface area contributed by atoms with Crippen molar-refractivity contribution in [1.82, 2.24) is 0 Å². The summed E-state index contributed by atoms with van der Waals surface area (Å²) in [6.07, 6.45) is 1.19. The molecule has 0 aliphatic carbocycles. The molecule has 152 valence electrons. The number of aliphatic imine (C=N–C) groups is 1. The molecule has 0 spiro atoms. The monoisotopic (exact) mass is 411 g/mol. The van der Waals surface area contributed by atoms with Crippen LogP contribution in [-0.2, 0) is 9.53 Å². The number of carbonyl (C=O) groups excluding carboxylic acids is 1. The van der Waals surface area contributed by atoms with Gasteiger partial charge in [0.25, 0.3) is 0 Å². The van der Waals surface area contributed by atoms with Gasteiger partial charge in [0.05, 0.1) is 7.11 Å². The van der Waals surface area contributed by atoms with Gasteiger partial charge in [0.1, 0.15) is 5.75 Å². The molecule has 0 bridgehead atoms. The lowest BCUT2D eigenvalue weighted by atomic mass is 10.1. The molecule has 6 nitrogen and oxygen atoms in total. The van der Waals surface area contributed by atoms with E-state index >= 15 is 0 Å². The average Bonchev–Trinajstić information content (AvgIpc) is 3.03. The van der Waals surface area contributed by atoms with Crippen LogP contribution in [0, 0.1) is 0 Å². The first-order valence-electron chi connectivity index (χ1n) is 8.07. The van der Waals surface area contributed by atoms with Crippen LogP contribution in [0.1, 0.15) is 11.1 Å². The number of rotatable bonds is 7. The van der Waals surface area contributed by atoms with Crippen molar-refractivity contribution < 1.29 is 41.3 Å². The molecule has 29 heavy (non-hydrogen) atoms. The predicted molar refractivity (Wildman–Crippen MR) is 93.3 cm³/mol. The van der Waals surface area contributed by atoms with Crippen molar-refractivity contribution in [3.63, 3.8) is 0 Å². The third-order valence-corrected chi connectivity index (χ3v) is 3.66. The van der Waals surface area contributed by atoms with Crippen molar-refractivity contribution in [2.75, 3.05) is 7.11 Å². The number of carbonyl (C=O) groups is 1. The van der Waals surface area contributed by atoms with Crippen LogP contribution in [-0.4, -0.2) is 32.2 Å². The highest BCUT2D eigenvalue weighted by molar-refractivity contribution is 6.13. The van der Waals surface area contributed by atoms with Crippen molar-refractivity contribution in [2.45, 2.75) is 13.2 Å². The van der Waals surface area contributed by atoms with Crippen LogP contribution in [0.3, 0.4) is 0 Å². The summed E-state index contributed by atoms with van der Waals surface area (Å²) in [5.41, 5.74) is 0.124. The summed E-state index contributed by atoms with van der Waals surface area (Å²) in [4.78, 5) is 16.1. The van der Waals surface area contributed by atoms with E-state index in [0.29, 0.717) is 0 Å². The summed E-state index contributed by atoms with van der Waals surface area (Å²) in [7, 11) is 1.28. The van der Waals surface area contributed by atoms with E-state index in [1.165, 1.54) is 55.7 Å². The number of esters is 1. The molecule has 0 aromatic heterocycles. The lowest BCUT2D eigenvalue weighted by Gasteiger charge is -2.12. The summed E-state index contributed by atoms with van der Waals surface area (Å²) in [5.74, 6) is -1.39. The fourth-order valence-corrected chi connectivity index (χ4v) is 2.51. The Balaban J connectivity index is 1.96. The number of methoxy groups -OCH3 is 1. The molecular weight excluding hydrogens is 398 g/mol. The molecule has 0 saturated heterocycles. The van der Waals surface area contributed by atoms with Crippen LogP contribution in [0.4, 0.5) is 17.6 Å². The summed E-state index contributed by atoms with van der Waals surface area (Å²) < 4.78 is 69.0. The lowest BCUT2D eigenvalue weighted by molar-refractivity contribution is -0.129. The van der Waals surface area contributed by atoms with E-state index in [4.69, 9.17) is 9.47 Å². The Morgan fingerprint density at radius 1 is 1.03 bits per heavy atom. The third-order valence-electron chi connectivity index (χ3n) is 3.66. The zero-order valence-electron chi connectivity index (χ0n) is 14.8. The number of ether oxygens (including phenoxy) is 4. The molecule has 0 fully saturated rings. The molecule has 0 unspecified atom stereocenters. The first-order chi connectivity index (χ1) is 13.9. The first kappa shape index (κ1) is 20.2. The fraction of sp³-hybridized carbons (Fsp3) is 0.158. The van der Waals surface area contributed by atoms with E-state index in [9.17, 15) is 22.4 Å². The van der Waals surface area contributed by atoms with Crippen molar-refractivity contribution in [1.29, 1.82) is 0 Å². The van der Waals surface area contributed by atoms with E-state index in [0.717, 1.165) is 0 Å². The van der Waals surface area contributed by atoms with Crippen molar-refractivity contribution in [2.24, 2.45) is 4.99 Å². The zero-order chi connectivity index (χ0) is 21.0. The number of nitrogens with zero attached hydrogens (tertiary/aromatic N) is 1. The molecule has 0 N–H and O–H groups in total. The number of cyclic esters (lactones) is 1. The number of halogens is 4. The quantitative estimate of drug-likeness (QED) is 0.387. The Hall–Kier alpha value is -3.56. The van der Waals surface area contributed by atoms with Gasteiger partial charge in [-0.3, -0.25) is 0 Å². The van der Waals surface area contributed by atoms with Gasteiger partial charge < -0.3 is 18.9 Å². The molecule has 2 aromatic rings. The largest absolute Gasteiger partial charge is 0.493 e. The van der Waals surface area contributed by atoms with Crippen LogP contribution < -0.4 is 14.2 Å². The number of hydrogen-bond acceptors (Lipinski definition) is 6. The van der Waals surface area contributed by atoms with Crippen LogP contribution in [0.15, 0.2) is 53.2 Å². The van der Waals surface area contributed by atoms with Gasteiger partial charge in [-0.05, 0) is 30.3 Å². The highest BCUT2D eigenvalue weighted by atomic mass is 19.3. The molecule has 0 amide bonds. The highest BCUT2D eigenvalue weighted by Gasteiger charge is 2.26. The number of hydrogen-bond donors (Lipinski definition) is 0. The van der Waals surface area contributed by atoms with Gasteiger partial charge in [-0.25, -0.2) is 9.79 Å². The molecule has 3 rings (SSSR count). The average molecular weight is 411 g/mol.